The van der Waals surface area contributed by atoms with Gasteiger partial charge in [0.15, 0.2) is 14.0 Å². The van der Waals surface area contributed by atoms with Crippen LogP contribution in [0.5, 0.6) is 0 Å². The summed E-state index contributed by atoms with van der Waals surface area (Å²) < 4.78 is 24.0. The largest absolute Gasteiger partial charge is 0.257 e. The van der Waals surface area contributed by atoms with Gasteiger partial charge in [-0.2, -0.15) is 0 Å². The molecule has 0 aliphatic carbocycles. The number of hydrogen-bond acceptors (Lipinski definition) is 4. The van der Waals surface area contributed by atoms with Crippen LogP contribution in [0.15, 0.2) is 36.4 Å². The topological polar surface area (TPSA) is 59.9 Å². The van der Waals surface area contributed by atoms with Gasteiger partial charge in [0.25, 0.3) is 0 Å². The lowest BCUT2D eigenvalue weighted by Gasteiger charge is -2.11. The lowest BCUT2D eigenvalue weighted by Crippen LogP contribution is -2.13. The number of halogens is 1. The number of hydrogen-bond donors (Lipinski definition) is 0. The highest BCUT2D eigenvalue weighted by Crippen LogP contribution is 2.30. The Morgan fingerprint density at radius 1 is 0.950 bits per heavy atom. The van der Waals surface area contributed by atoms with Crippen molar-refractivity contribution in [1.29, 1.82) is 0 Å². The van der Waals surface area contributed by atoms with Crippen molar-refractivity contribution in [2.45, 2.75) is 22.8 Å². The van der Waals surface area contributed by atoms with Gasteiger partial charge in [-0.15, -0.1) is 0 Å². The highest BCUT2D eigenvalue weighted by molar-refractivity contribution is 9.10. The van der Waals surface area contributed by atoms with Gasteiger partial charge in [-0.25, -0.2) is 8.42 Å². The molecule has 0 aromatic carbocycles. The molecule has 6 heteroatoms. The summed E-state index contributed by atoms with van der Waals surface area (Å²) in [4.78, 5) is 8.86. The Morgan fingerprint density at radius 2 is 1.55 bits per heavy atom. The first-order valence-corrected chi connectivity index (χ1v) is 8.94. The molecule has 0 radical (unpaired) electrons. The minimum atomic E-state index is -3.38. The van der Waals surface area contributed by atoms with E-state index in [-0.39, 0.29) is 5.75 Å². The van der Waals surface area contributed by atoms with Crippen molar-refractivity contribution in [3.63, 3.8) is 0 Å². The van der Waals surface area contributed by atoms with E-state index >= 15 is 0 Å². The van der Waals surface area contributed by atoms with Gasteiger partial charge in [-0.3, -0.25) is 9.97 Å². The van der Waals surface area contributed by atoms with E-state index in [1.54, 1.807) is 12.1 Å². The van der Waals surface area contributed by atoms with Crippen LogP contribution < -0.4 is 0 Å². The molecule has 0 spiro atoms. The molecule has 4 bridgehead atoms. The fraction of sp³-hybridized carbons (Fsp3) is 0.286. The summed E-state index contributed by atoms with van der Waals surface area (Å²) in [5.74, 6) is -0.0807. The molecule has 0 amide bonds. The van der Waals surface area contributed by atoms with E-state index in [0.29, 0.717) is 11.4 Å². The van der Waals surface area contributed by atoms with E-state index in [2.05, 4.69) is 25.9 Å². The van der Waals surface area contributed by atoms with Crippen molar-refractivity contribution in [3.05, 3.63) is 59.2 Å². The van der Waals surface area contributed by atoms with Gasteiger partial charge in [0, 0.05) is 11.4 Å². The number of nitrogens with zero attached hydrogens (tertiary/aromatic N) is 2. The number of aryl methyl sites for hydroxylation is 2. The molecule has 3 rings (SSSR count). The molecule has 4 nitrogen and oxygen atoms in total. The Balaban J connectivity index is 2.13. The van der Waals surface area contributed by atoms with Gasteiger partial charge in [0.05, 0.1) is 17.1 Å². The van der Waals surface area contributed by atoms with Crippen LogP contribution in [-0.2, 0) is 28.4 Å². The fourth-order valence-corrected chi connectivity index (χ4v) is 4.10. The molecule has 0 saturated carbocycles. The standard InChI is InChI=1S/C14H13BrN2O2S/c15-14-13-6-2-4-11(17-13)8-7-10-3-1-5-12(16-10)9-20(14,18)19/h1-6,14H,7-9H2. The lowest BCUT2D eigenvalue weighted by molar-refractivity contribution is 0.592. The second kappa shape index (κ2) is 5.26. The first kappa shape index (κ1) is 13.7. The lowest BCUT2D eigenvalue weighted by atomic mass is 10.1. The van der Waals surface area contributed by atoms with Crippen molar-refractivity contribution in [2.75, 3.05) is 0 Å². The minimum Gasteiger partial charge on any atom is -0.257 e. The third-order valence-electron chi connectivity index (χ3n) is 3.23. The summed E-state index contributed by atoms with van der Waals surface area (Å²) >= 11 is 3.27. The zero-order chi connectivity index (χ0) is 14.2. The Kier molecular flexibility index (Phi) is 3.60. The number of fused-ring (bicyclic) bond motifs is 4. The summed E-state index contributed by atoms with van der Waals surface area (Å²) in [7, 11) is -3.38. The van der Waals surface area contributed by atoms with Crippen LogP contribution in [0.1, 0.15) is 26.9 Å². The van der Waals surface area contributed by atoms with Gasteiger partial charge in [-0.05, 0) is 37.1 Å². The van der Waals surface area contributed by atoms with E-state index in [4.69, 9.17) is 0 Å². The van der Waals surface area contributed by atoms with Crippen LogP contribution in [0.4, 0.5) is 0 Å². The molecule has 2 aromatic heterocycles. The zero-order valence-corrected chi connectivity index (χ0v) is 13.1. The third-order valence-corrected chi connectivity index (χ3v) is 6.97. The Labute approximate surface area is 126 Å². The Morgan fingerprint density at radius 3 is 2.30 bits per heavy atom. The molecule has 1 aliphatic heterocycles. The maximum absolute atomic E-state index is 12.4. The van der Waals surface area contributed by atoms with Gasteiger partial charge >= 0.3 is 0 Å². The molecule has 0 N–H and O–H groups in total. The maximum Gasteiger partial charge on any atom is 0.174 e. The number of aromatic nitrogens is 2. The number of rotatable bonds is 0. The predicted octanol–water partition coefficient (Wildman–Crippen LogP) is 2.58. The molecule has 104 valence electrons. The number of pyridine rings is 2. The van der Waals surface area contributed by atoms with Gasteiger partial charge in [0.2, 0.25) is 0 Å². The third kappa shape index (κ3) is 2.76. The first-order valence-electron chi connectivity index (χ1n) is 6.31. The molecular weight excluding hydrogens is 340 g/mol. The van der Waals surface area contributed by atoms with Crippen molar-refractivity contribution in [2.24, 2.45) is 0 Å². The highest BCUT2D eigenvalue weighted by Gasteiger charge is 2.27. The van der Waals surface area contributed by atoms with E-state index in [1.807, 2.05) is 24.3 Å². The summed E-state index contributed by atoms with van der Waals surface area (Å²) in [5.41, 5.74) is 2.91. The number of sulfone groups is 1. The van der Waals surface area contributed by atoms with Crippen molar-refractivity contribution < 1.29 is 8.42 Å². The van der Waals surface area contributed by atoms with Crippen LogP contribution in [0.25, 0.3) is 0 Å². The fourth-order valence-electron chi connectivity index (χ4n) is 2.23. The Hall–Kier alpha value is -1.27. The maximum atomic E-state index is 12.4. The zero-order valence-electron chi connectivity index (χ0n) is 10.7. The quantitative estimate of drug-likeness (QED) is 0.683. The SMILES string of the molecule is O=S1(=O)Cc2cccc(n2)CCc2cccc(n2)C1Br. The van der Waals surface area contributed by atoms with E-state index in [0.717, 1.165) is 24.2 Å². The van der Waals surface area contributed by atoms with Crippen LogP contribution in [0.2, 0.25) is 0 Å². The van der Waals surface area contributed by atoms with Crippen molar-refractivity contribution in [3.8, 4) is 0 Å². The molecule has 0 saturated heterocycles. The van der Waals surface area contributed by atoms with Gasteiger partial charge < -0.3 is 0 Å². The van der Waals surface area contributed by atoms with Crippen molar-refractivity contribution in [1.82, 2.24) is 9.97 Å². The average Bonchev–Trinajstić information content (AvgIpc) is 2.44. The van der Waals surface area contributed by atoms with E-state index < -0.39 is 14.0 Å². The normalized spacial score (nSPS) is 20.9. The van der Waals surface area contributed by atoms with Crippen LogP contribution in [0.3, 0.4) is 0 Å². The molecule has 2 aromatic rings. The van der Waals surface area contributed by atoms with Crippen LogP contribution in [-0.4, -0.2) is 18.4 Å². The van der Waals surface area contributed by atoms with Crippen LogP contribution in [0, 0.1) is 0 Å². The van der Waals surface area contributed by atoms with Gasteiger partial charge in [-0.1, -0.05) is 28.1 Å². The van der Waals surface area contributed by atoms with Crippen molar-refractivity contribution >= 4 is 25.8 Å². The van der Waals surface area contributed by atoms with E-state index in [9.17, 15) is 8.42 Å². The minimum absolute atomic E-state index is 0.0807. The van der Waals surface area contributed by atoms with Gasteiger partial charge in [0.1, 0.15) is 0 Å². The second-order valence-corrected chi connectivity index (χ2v) is 8.40. The highest BCUT2D eigenvalue weighted by atomic mass is 79.9. The molecule has 3 heterocycles. The molecule has 1 aliphatic rings. The average molecular weight is 353 g/mol. The predicted molar refractivity (Wildman–Crippen MR) is 80.2 cm³/mol. The summed E-state index contributed by atoms with van der Waals surface area (Å²) in [6.07, 6.45) is 1.52. The molecular formula is C14H13BrN2O2S. The second-order valence-electron chi connectivity index (χ2n) is 4.80. The summed E-state index contributed by atoms with van der Waals surface area (Å²) in [6, 6.07) is 11.0. The molecule has 0 fully saturated rings. The number of alkyl halides is 1. The molecule has 1 atom stereocenters. The van der Waals surface area contributed by atoms with E-state index in [1.165, 1.54) is 0 Å². The summed E-state index contributed by atoms with van der Waals surface area (Å²) in [5, 5.41) is 0. The monoisotopic (exact) mass is 352 g/mol. The van der Waals surface area contributed by atoms with Crippen LogP contribution >= 0.6 is 15.9 Å². The first-order chi connectivity index (χ1) is 9.54. The summed E-state index contributed by atoms with van der Waals surface area (Å²) in [6.45, 7) is 0. The Bertz CT molecular complexity index is 746. The smallest absolute Gasteiger partial charge is 0.174 e. The molecule has 1 unspecified atom stereocenters. The molecule has 20 heavy (non-hydrogen) atoms.